The molecule has 0 radical (unpaired) electrons. The first-order chi connectivity index (χ1) is 8.69. The van der Waals surface area contributed by atoms with Gasteiger partial charge in [-0.3, -0.25) is 9.59 Å². The molecule has 1 rings (SSSR count). The maximum absolute atomic E-state index is 11.7. The van der Waals surface area contributed by atoms with Gasteiger partial charge in [-0.25, -0.2) is 0 Å². The molecule has 4 nitrogen and oxygen atoms in total. The maximum Gasteiger partial charge on any atom is 0.203 e. The van der Waals surface area contributed by atoms with Crippen LogP contribution in [0.15, 0.2) is 23.5 Å². The van der Waals surface area contributed by atoms with Gasteiger partial charge in [-0.05, 0) is 12.8 Å². The van der Waals surface area contributed by atoms with Crippen molar-refractivity contribution in [2.45, 2.75) is 12.8 Å². The Hall–Kier alpha value is -1.00. The van der Waals surface area contributed by atoms with Crippen molar-refractivity contribution < 1.29 is 9.59 Å². The topological polar surface area (TPSA) is 58.2 Å². The van der Waals surface area contributed by atoms with Gasteiger partial charge in [-0.15, -0.1) is 23.2 Å². The van der Waals surface area contributed by atoms with E-state index in [9.17, 15) is 9.59 Å². The molecule has 0 bridgehead atoms. The van der Waals surface area contributed by atoms with Gasteiger partial charge in [0.25, 0.3) is 0 Å². The van der Waals surface area contributed by atoms with E-state index in [0.29, 0.717) is 36.2 Å². The van der Waals surface area contributed by atoms with Gasteiger partial charge in [0.05, 0.1) is 11.4 Å². The summed E-state index contributed by atoms with van der Waals surface area (Å²) in [6.45, 7) is 1.16. The van der Waals surface area contributed by atoms with Crippen LogP contribution in [0, 0.1) is 0 Å². The highest BCUT2D eigenvalue weighted by molar-refractivity contribution is 6.19. The Balaban J connectivity index is 2.51. The van der Waals surface area contributed by atoms with E-state index in [1.807, 2.05) is 0 Å². The van der Waals surface area contributed by atoms with Crippen molar-refractivity contribution in [2.75, 3.05) is 24.8 Å². The minimum Gasteiger partial charge on any atom is -0.382 e. The monoisotopic (exact) mass is 290 g/mol. The molecule has 1 aliphatic rings. The molecule has 6 heteroatoms. The molecular formula is C12H16Cl2N2O2. The Bertz CT molecular complexity index is 342. The van der Waals surface area contributed by atoms with Crippen molar-refractivity contribution in [3.63, 3.8) is 0 Å². The third-order valence-corrected chi connectivity index (χ3v) is 2.87. The molecule has 0 atom stereocenters. The molecule has 0 saturated heterocycles. The van der Waals surface area contributed by atoms with Crippen LogP contribution >= 0.6 is 23.2 Å². The Morgan fingerprint density at radius 1 is 0.833 bits per heavy atom. The van der Waals surface area contributed by atoms with Crippen molar-refractivity contribution in [3.8, 4) is 0 Å². The van der Waals surface area contributed by atoms with Crippen LogP contribution in [0.1, 0.15) is 12.8 Å². The Morgan fingerprint density at radius 3 is 1.56 bits per heavy atom. The highest BCUT2D eigenvalue weighted by Gasteiger charge is 2.19. The molecule has 0 unspecified atom stereocenters. The van der Waals surface area contributed by atoms with Crippen LogP contribution in [0.5, 0.6) is 0 Å². The van der Waals surface area contributed by atoms with Crippen molar-refractivity contribution in [1.29, 1.82) is 0 Å². The van der Waals surface area contributed by atoms with Gasteiger partial charge < -0.3 is 10.6 Å². The first kappa shape index (κ1) is 15.1. The fraction of sp³-hybridized carbons (Fsp3) is 0.500. The molecule has 0 aromatic carbocycles. The largest absolute Gasteiger partial charge is 0.382 e. The Morgan fingerprint density at radius 2 is 1.22 bits per heavy atom. The van der Waals surface area contributed by atoms with Crippen molar-refractivity contribution in [3.05, 3.63) is 23.5 Å². The lowest BCUT2D eigenvalue weighted by Gasteiger charge is -2.14. The quantitative estimate of drug-likeness (QED) is 0.402. The zero-order valence-corrected chi connectivity index (χ0v) is 11.5. The Kier molecular flexibility index (Phi) is 6.83. The van der Waals surface area contributed by atoms with Gasteiger partial charge in [-0.1, -0.05) is 0 Å². The fourth-order valence-electron chi connectivity index (χ4n) is 1.42. The van der Waals surface area contributed by atoms with Gasteiger partial charge in [0.2, 0.25) is 11.6 Å². The lowest BCUT2D eigenvalue weighted by Crippen LogP contribution is -2.30. The second-order valence-corrected chi connectivity index (χ2v) is 4.54. The van der Waals surface area contributed by atoms with Crippen molar-refractivity contribution in [1.82, 2.24) is 10.6 Å². The number of alkyl halides is 2. The van der Waals surface area contributed by atoms with Crippen molar-refractivity contribution >= 4 is 34.8 Å². The fourth-order valence-corrected chi connectivity index (χ4v) is 1.68. The second-order valence-electron chi connectivity index (χ2n) is 3.78. The third-order valence-electron chi connectivity index (χ3n) is 2.33. The summed E-state index contributed by atoms with van der Waals surface area (Å²) in [5.41, 5.74) is 0.654. The number of allylic oxidation sites excluding steroid dienone is 2. The summed E-state index contributed by atoms with van der Waals surface area (Å²) in [5.74, 6) is 0.641. The third kappa shape index (κ3) is 4.70. The van der Waals surface area contributed by atoms with Crippen LogP contribution in [0.2, 0.25) is 0 Å². The van der Waals surface area contributed by atoms with E-state index in [0.717, 1.165) is 12.8 Å². The van der Waals surface area contributed by atoms with Crippen LogP contribution in [-0.4, -0.2) is 36.4 Å². The summed E-state index contributed by atoms with van der Waals surface area (Å²) in [4.78, 5) is 23.4. The van der Waals surface area contributed by atoms with E-state index in [1.54, 1.807) is 0 Å². The lowest BCUT2D eigenvalue weighted by atomic mass is 10.1. The molecule has 0 fully saturated rings. The van der Waals surface area contributed by atoms with E-state index in [-0.39, 0.29) is 11.6 Å². The van der Waals surface area contributed by atoms with E-state index < -0.39 is 0 Å². The number of carbonyl (C=O) groups is 2. The smallest absolute Gasteiger partial charge is 0.203 e. The molecule has 0 spiro atoms. The molecule has 0 aromatic heterocycles. The standard InChI is InChI=1S/C12H16Cl2N2O2/c13-3-1-5-15-9-7-12(18)10(8-11(9)17)16-6-2-4-14/h7-8,15-16H,1-6H2. The number of hydrogen-bond acceptors (Lipinski definition) is 4. The molecule has 0 heterocycles. The van der Waals surface area contributed by atoms with Crippen LogP contribution in [-0.2, 0) is 9.59 Å². The number of carbonyl (C=O) groups excluding carboxylic acids is 2. The highest BCUT2D eigenvalue weighted by Crippen LogP contribution is 2.08. The van der Waals surface area contributed by atoms with Crippen LogP contribution < -0.4 is 10.6 Å². The van der Waals surface area contributed by atoms with Gasteiger partial charge in [0.15, 0.2) is 0 Å². The maximum atomic E-state index is 11.7. The SMILES string of the molecule is O=C1C=C(NCCCCl)C(=O)C=C1NCCCCl. The summed E-state index contributed by atoms with van der Waals surface area (Å²) in [6.07, 6.45) is 4.12. The molecule has 0 aromatic rings. The molecule has 0 amide bonds. The predicted molar refractivity (Wildman–Crippen MR) is 72.9 cm³/mol. The van der Waals surface area contributed by atoms with E-state index in [2.05, 4.69) is 10.6 Å². The highest BCUT2D eigenvalue weighted by atomic mass is 35.5. The van der Waals surface area contributed by atoms with Gasteiger partial charge >= 0.3 is 0 Å². The first-order valence-corrected chi connectivity index (χ1v) is 6.87. The molecule has 1 aliphatic carbocycles. The number of halogens is 2. The molecular weight excluding hydrogens is 275 g/mol. The zero-order chi connectivity index (χ0) is 13.4. The number of nitrogens with one attached hydrogen (secondary N) is 2. The van der Waals surface area contributed by atoms with E-state index in [1.165, 1.54) is 12.2 Å². The number of rotatable bonds is 8. The summed E-state index contributed by atoms with van der Waals surface area (Å²) >= 11 is 11.1. The van der Waals surface area contributed by atoms with Gasteiger partial charge in [0.1, 0.15) is 0 Å². The minimum atomic E-state index is -0.197. The normalized spacial score (nSPS) is 15.2. The molecule has 100 valence electrons. The van der Waals surface area contributed by atoms with Crippen LogP contribution in [0.4, 0.5) is 0 Å². The summed E-state index contributed by atoms with van der Waals surface area (Å²) in [6, 6.07) is 0. The summed E-state index contributed by atoms with van der Waals surface area (Å²) in [5, 5.41) is 5.81. The van der Waals surface area contributed by atoms with Crippen molar-refractivity contribution in [2.24, 2.45) is 0 Å². The average molecular weight is 291 g/mol. The second kappa shape index (κ2) is 8.16. The summed E-state index contributed by atoms with van der Waals surface area (Å²) in [7, 11) is 0. The van der Waals surface area contributed by atoms with Crippen LogP contribution in [0.3, 0.4) is 0 Å². The average Bonchev–Trinajstić information content (AvgIpc) is 2.35. The summed E-state index contributed by atoms with van der Waals surface area (Å²) < 4.78 is 0. The predicted octanol–water partition coefficient (Wildman–Crippen LogP) is 1.34. The molecule has 0 aliphatic heterocycles. The van der Waals surface area contributed by atoms with Gasteiger partial charge in [-0.2, -0.15) is 0 Å². The van der Waals surface area contributed by atoms with Gasteiger partial charge in [0, 0.05) is 37.0 Å². The van der Waals surface area contributed by atoms with E-state index >= 15 is 0 Å². The lowest BCUT2D eigenvalue weighted by molar-refractivity contribution is -0.115. The molecule has 2 N–H and O–H groups in total. The minimum absolute atomic E-state index is 0.197. The Labute approximate surface area is 116 Å². The molecule has 0 saturated carbocycles. The number of hydrogen-bond donors (Lipinski definition) is 2. The zero-order valence-electron chi connectivity index (χ0n) is 9.97. The number of ketones is 2. The van der Waals surface area contributed by atoms with Crippen LogP contribution in [0.25, 0.3) is 0 Å². The molecule has 18 heavy (non-hydrogen) atoms. The van der Waals surface area contributed by atoms with E-state index in [4.69, 9.17) is 23.2 Å². The first-order valence-electron chi connectivity index (χ1n) is 5.80.